The van der Waals surface area contributed by atoms with E-state index in [0.29, 0.717) is 17.1 Å². The first-order valence-electron chi connectivity index (χ1n) is 9.82. The lowest BCUT2D eigenvalue weighted by Crippen LogP contribution is -2.18. The molecule has 0 atom stereocenters. The van der Waals surface area contributed by atoms with Gasteiger partial charge in [-0.3, -0.25) is 14.6 Å². The number of rotatable bonds is 8. The Labute approximate surface area is 182 Å². The van der Waals surface area contributed by atoms with E-state index < -0.39 is 11.8 Å². The Morgan fingerprint density at radius 3 is 2.88 bits per heavy atom. The molecule has 0 radical (unpaired) electrons. The van der Waals surface area contributed by atoms with Gasteiger partial charge in [0.15, 0.2) is 11.4 Å². The fourth-order valence-corrected chi connectivity index (χ4v) is 2.88. The van der Waals surface area contributed by atoms with Crippen LogP contribution in [0.25, 0.3) is 17.1 Å². The Hall–Kier alpha value is -4.54. The van der Waals surface area contributed by atoms with E-state index in [0.717, 1.165) is 13.0 Å². The maximum Gasteiger partial charge on any atom is 0.277 e. The molecule has 0 saturated carbocycles. The molecule has 0 fully saturated rings. The summed E-state index contributed by atoms with van der Waals surface area (Å²) in [5, 5.41) is 9.94. The van der Waals surface area contributed by atoms with Crippen LogP contribution in [-0.4, -0.2) is 43.1 Å². The Kier molecular flexibility index (Phi) is 5.88. The summed E-state index contributed by atoms with van der Waals surface area (Å²) in [4.78, 5) is 37.0. The van der Waals surface area contributed by atoms with Crippen LogP contribution in [0.15, 0.2) is 59.7 Å². The van der Waals surface area contributed by atoms with Crippen LogP contribution in [0.5, 0.6) is 0 Å². The number of aromatic nitrogens is 5. The number of nitrogens with zero attached hydrogens (tertiary/aromatic N) is 5. The second kappa shape index (κ2) is 9.08. The number of amides is 2. The van der Waals surface area contributed by atoms with Crippen LogP contribution in [0.1, 0.15) is 34.3 Å². The number of anilines is 2. The van der Waals surface area contributed by atoms with Crippen LogP contribution < -0.4 is 16.4 Å². The molecule has 32 heavy (non-hydrogen) atoms. The van der Waals surface area contributed by atoms with Crippen molar-refractivity contribution in [3.8, 4) is 17.1 Å². The summed E-state index contributed by atoms with van der Waals surface area (Å²) < 4.78 is 6.87. The van der Waals surface area contributed by atoms with Gasteiger partial charge >= 0.3 is 0 Å². The molecule has 4 heterocycles. The van der Waals surface area contributed by atoms with Gasteiger partial charge in [-0.05, 0) is 30.7 Å². The van der Waals surface area contributed by atoms with E-state index in [2.05, 4.69) is 37.6 Å². The van der Waals surface area contributed by atoms with E-state index in [1.54, 1.807) is 42.9 Å². The minimum absolute atomic E-state index is 0.0319. The van der Waals surface area contributed by atoms with Crippen LogP contribution in [0.4, 0.5) is 11.5 Å². The lowest BCUT2D eigenvalue weighted by atomic mass is 10.2. The zero-order valence-electron chi connectivity index (χ0n) is 17.1. The van der Waals surface area contributed by atoms with Gasteiger partial charge in [0.25, 0.3) is 11.8 Å². The van der Waals surface area contributed by atoms with Crippen molar-refractivity contribution in [3.05, 3.63) is 66.7 Å². The first kappa shape index (κ1) is 20.7. The highest BCUT2D eigenvalue weighted by molar-refractivity contribution is 6.07. The van der Waals surface area contributed by atoms with Gasteiger partial charge in [0.05, 0.1) is 23.8 Å². The first-order valence-corrected chi connectivity index (χ1v) is 9.82. The van der Waals surface area contributed by atoms with Gasteiger partial charge in [-0.1, -0.05) is 6.92 Å². The molecule has 0 aliphatic rings. The molecule has 4 aromatic rings. The topological polar surface area (TPSA) is 154 Å². The van der Waals surface area contributed by atoms with Gasteiger partial charge in [0, 0.05) is 24.5 Å². The summed E-state index contributed by atoms with van der Waals surface area (Å²) in [6.07, 6.45) is 8.47. The van der Waals surface area contributed by atoms with E-state index >= 15 is 0 Å². The number of nitrogens with one attached hydrogen (secondary N) is 2. The second-order valence-corrected chi connectivity index (χ2v) is 6.76. The van der Waals surface area contributed by atoms with Crippen LogP contribution >= 0.6 is 0 Å². The predicted molar refractivity (Wildman–Crippen MR) is 116 cm³/mol. The number of pyridine rings is 2. The lowest BCUT2D eigenvalue weighted by Gasteiger charge is -2.04. The van der Waals surface area contributed by atoms with Crippen LogP contribution in [0.2, 0.25) is 0 Å². The van der Waals surface area contributed by atoms with E-state index in [-0.39, 0.29) is 23.0 Å². The Bertz CT molecular complexity index is 1250. The summed E-state index contributed by atoms with van der Waals surface area (Å²) in [6, 6.07) is 6.98. The Balaban J connectivity index is 1.55. The molecular formula is C21H20N8O3. The number of hydrogen-bond acceptors (Lipinski definition) is 8. The number of oxazole rings is 1. The number of nitrogens with two attached hydrogens (primary N) is 1. The molecule has 0 bridgehead atoms. The average molecular weight is 432 g/mol. The van der Waals surface area contributed by atoms with Crippen molar-refractivity contribution in [3.63, 3.8) is 0 Å². The van der Waals surface area contributed by atoms with E-state index in [9.17, 15) is 9.59 Å². The molecule has 162 valence electrons. The van der Waals surface area contributed by atoms with Gasteiger partial charge < -0.3 is 20.8 Å². The molecule has 4 N–H and O–H groups in total. The van der Waals surface area contributed by atoms with Crippen molar-refractivity contribution in [2.24, 2.45) is 5.73 Å². The van der Waals surface area contributed by atoms with Crippen molar-refractivity contribution in [2.75, 3.05) is 17.2 Å². The minimum atomic E-state index is -0.785. The summed E-state index contributed by atoms with van der Waals surface area (Å²) in [6.45, 7) is 2.84. The molecule has 4 rings (SSSR count). The minimum Gasteiger partial charge on any atom is -0.444 e. The van der Waals surface area contributed by atoms with Gasteiger partial charge in [0.2, 0.25) is 5.89 Å². The molecule has 2 amide bonds. The second-order valence-electron chi connectivity index (χ2n) is 6.76. The van der Waals surface area contributed by atoms with Crippen molar-refractivity contribution < 1.29 is 14.0 Å². The third-order valence-electron chi connectivity index (χ3n) is 4.41. The molecular weight excluding hydrogens is 412 g/mol. The van der Waals surface area contributed by atoms with Crippen molar-refractivity contribution in [1.82, 2.24) is 24.7 Å². The number of hydrogen-bond donors (Lipinski definition) is 3. The number of carbonyl (C=O) groups is 2. The zero-order chi connectivity index (χ0) is 22.5. The normalized spacial score (nSPS) is 10.7. The molecule has 0 unspecified atom stereocenters. The molecule has 0 spiro atoms. The molecule has 0 aliphatic heterocycles. The quantitative estimate of drug-likeness (QED) is 0.384. The number of carbonyl (C=O) groups excluding carboxylic acids is 2. The predicted octanol–water partition coefficient (Wildman–Crippen LogP) is 2.49. The monoisotopic (exact) mass is 432 g/mol. The summed E-state index contributed by atoms with van der Waals surface area (Å²) in [5.74, 6) is -0.417. The maximum atomic E-state index is 12.7. The molecule has 11 heteroatoms. The van der Waals surface area contributed by atoms with E-state index in [1.165, 1.54) is 17.1 Å². The Morgan fingerprint density at radius 2 is 2.12 bits per heavy atom. The highest BCUT2D eigenvalue weighted by Gasteiger charge is 2.20. The van der Waals surface area contributed by atoms with Crippen LogP contribution in [0.3, 0.4) is 0 Å². The average Bonchev–Trinajstić information content (AvgIpc) is 3.46. The highest BCUT2D eigenvalue weighted by Crippen LogP contribution is 2.22. The maximum absolute atomic E-state index is 12.7. The standard InChI is InChI=1S/C21H20N8O3/c1-2-6-24-17-9-13(5-8-25-17)21-27-16(12-32-21)20(31)26-15-11-29(28-18(15)19(22)30)14-4-3-7-23-10-14/h3-5,7-12H,2,6H2,1H3,(H2,22,30)(H,24,25)(H,26,31). The smallest absolute Gasteiger partial charge is 0.277 e. The van der Waals surface area contributed by atoms with E-state index in [4.69, 9.17) is 10.2 Å². The van der Waals surface area contributed by atoms with Crippen molar-refractivity contribution >= 4 is 23.3 Å². The summed E-state index contributed by atoms with van der Waals surface area (Å²) in [7, 11) is 0. The van der Waals surface area contributed by atoms with E-state index in [1.807, 2.05) is 0 Å². The van der Waals surface area contributed by atoms with Crippen LogP contribution in [-0.2, 0) is 0 Å². The lowest BCUT2D eigenvalue weighted by molar-refractivity contribution is 0.0996. The van der Waals surface area contributed by atoms with Gasteiger partial charge in [0.1, 0.15) is 12.1 Å². The summed E-state index contributed by atoms with van der Waals surface area (Å²) >= 11 is 0. The third-order valence-corrected chi connectivity index (χ3v) is 4.41. The first-order chi connectivity index (χ1) is 15.5. The third kappa shape index (κ3) is 4.46. The van der Waals surface area contributed by atoms with Gasteiger partial charge in [-0.2, -0.15) is 5.10 Å². The molecule has 0 aromatic carbocycles. The fraction of sp³-hybridized carbons (Fsp3) is 0.143. The summed E-state index contributed by atoms with van der Waals surface area (Å²) in [5.41, 5.74) is 6.77. The van der Waals surface area contributed by atoms with Crippen LogP contribution in [0, 0.1) is 0 Å². The fourth-order valence-electron chi connectivity index (χ4n) is 2.88. The van der Waals surface area contributed by atoms with Crippen molar-refractivity contribution in [2.45, 2.75) is 13.3 Å². The highest BCUT2D eigenvalue weighted by atomic mass is 16.3. The largest absolute Gasteiger partial charge is 0.444 e. The molecule has 0 saturated heterocycles. The number of primary amides is 1. The van der Waals surface area contributed by atoms with Gasteiger partial charge in [-0.25, -0.2) is 14.6 Å². The van der Waals surface area contributed by atoms with Crippen molar-refractivity contribution in [1.29, 1.82) is 0 Å². The van der Waals surface area contributed by atoms with Gasteiger partial charge in [-0.15, -0.1) is 0 Å². The molecule has 0 aliphatic carbocycles. The zero-order valence-corrected chi connectivity index (χ0v) is 17.1. The molecule has 11 nitrogen and oxygen atoms in total. The SMILES string of the molecule is CCCNc1cc(-c2nc(C(=O)Nc3cn(-c4cccnc4)nc3C(N)=O)co2)ccn1. The Morgan fingerprint density at radius 1 is 1.25 bits per heavy atom. The molecule has 4 aromatic heterocycles.